The van der Waals surface area contributed by atoms with Crippen LogP contribution < -0.4 is 15.4 Å². The van der Waals surface area contributed by atoms with Gasteiger partial charge in [0.2, 0.25) is 12.3 Å². The van der Waals surface area contributed by atoms with Crippen LogP contribution in [-0.4, -0.2) is 54.9 Å². The molecule has 1 aliphatic carbocycles. The van der Waals surface area contributed by atoms with Crippen molar-refractivity contribution in [2.45, 2.75) is 64.5 Å². The molecule has 2 N–H and O–H groups in total. The number of nitrogens with one attached hydrogen (secondary N) is 2. The van der Waals surface area contributed by atoms with Crippen LogP contribution in [0.1, 0.15) is 46.5 Å². The van der Waals surface area contributed by atoms with Gasteiger partial charge < -0.3 is 15.4 Å². The molecule has 1 aromatic rings. The topological polar surface area (TPSA) is 70.7 Å². The van der Waals surface area contributed by atoms with Crippen molar-refractivity contribution < 1.29 is 40.7 Å². The summed E-state index contributed by atoms with van der Waals surface area (Å²) in [4.78, 5) is 23.7. The molecule has 198 valence electrons. The maximum Gasteiger partial charge on any atom is 0.573 e. The third kappa shape index (κ3) is 8.90. The number of amides is 2. The molecule has 1 heterocycles. The summed E-state index contributed by atoms with van der Waals surface area (Å²) in [5.41, 5.74) is -1.61. The van der Waals surface area contributed by atoms with Crippen molar-refractivity contribution in [2.24, 2.45) is 11.3 Å². The smallest absolute Gasteiger partial charge is 0.406 e. The number of rotatable bonds is 6. The van der Waals surface area contributed by atoms with Crippen LogP contribution in [0, 0.1) is 11.3 Å². The highest BCUT2D eigenvalue weighted by molar-refractivity contribution is 5.79. The van der Waals surface area contributed by atoms with Crippen LogP contribution >= 0.6 is 0 Å². The molecule has 1 saturated heterocycles. The minimum absolute atomic E-state index is 0.0663. The van der Waals surface area contributed by atoms with Gasteiger partial charge in [0.1, 0.15) is 11.3 Å². The second-order valence-electron chi connectivity index (χ2n) is 9.84. The Labute approximate surface area is 200 Å². The highest BCUT2D eigenvalue weighted by atomic mass is 19.4. The summed E-state index contributed by atoms with van der Waals surface area (Å²) < 4.78 is 77.0. The molecule has 0 aromatic heterocycles. The minimum atomic E-state index is -4.72. The Morgan fingerprint density at radius 3 is 2.26 bits per heavy atom. The molecule has 12 heteroatoms. The first-order valence-corrected chi connectivity index (χ1v) is 11.2. The molecule has 3 rings (SSSR count). The Bertz CT molecular complexity index is 857. The van der Waals surface area contributed by atoms with Crippen molar-refractivity contribution in [3.63, 3.8) is 0 Å². The lowest BCUT2D eigenvalue weighted by molar-refractivity contribution is -0.274. The minimum Gasteiger partial charge on any atom is -0.406 e. The van der Waals surface area contributed by atoms with E-state index in [-0.39, 0.29) is 18.0 Å². The van der Waals surface area contributed by atoms with Gasteiger partial charge in [0.25, 0.3) is 0 Å². The molecule has 2 amide bonds. The lowest BCUT2D eigenvalue weighted by atomic mass is 9.66. The lowest BCUT2D eigenvalue weighted by Gasteiger charge is -2.53. The lowest BCUT2D eigenvalue weighted by Crippen LogP contribution is -2.62. The van der Waals surface area contributed by atoms with Gasteiger partial charge in [0.15, 0.2) is 0 Å². The van der Waals surface area contributed by atoms with E-state index >= 15 is 0 Å². The molecule has 6 nitrogen and oxygen atoms in total. The molecule has 1 spiro atoms. The number of carbonyl (C=O) groups excluding carboxylic acids is 2. The molecule has 2 fully saturated rings. The van der Waals surface area contributed by atoms with E-state index in [9.17, 15) is 35.9 Å². The van der Waals surface area contributed by atoms with Crippen LogP contribution in [0.15, 0.2) is 24.3 Å². The molecule has 0 radical (unpaired) electrons. The van der Waals surface area contributed by atoms with Gasteiger partial charge in [0.05, 0.1) is 6.54 Å². The number of benzene rings is 1. The molecule has 35 heavy (non-hydrogen) atoms. The Morgan fingerprint density at radius 1 is 1.14 bits per heavy atom. The first kappa shape index (κ1) is 28.7. The third-order valence-corrected chi connectivity index (χ3v) is 6.27. The van der Waals surface area contributed by atoms with Crippen molar-refractivity contribution in [1.82, 2.24) is 10.2 Å². The molecule has 0 unspecified atom stereocenters. The van der Waals surface area contributed by atoms with Gasteiger partial charge in [-0.25, -0.2) is 0 Å². The molecule has 1 saturated carbocycles. The van der Waals surface area contributed by atoms with Gasteiger partial charge in [-0.1, -0.05) is 25.8 Å². The summed E-state index contributed by atoms with van der Waals surface area (Å²) >= 11 is 0. The Morgan fingerprint density at radius 2 is 1.74 bits per heavy atom. The largest absolute Gasteiger partial charge is 0.573 e. The van der Waals surface area contributed by atoms with Gasteiger partial charge in [-0.3, -0.25) is 14.5 Å². The number of alkyl halides is 6. The number of hydrogen-bond acceptors (Lipinski definition) is 4. The van der Waals surface area contributed by atoms with Gasteiger partial charge in [-0.2, -0.15) is 13.2 Å². The first-order valence-electron chi connectivity index (χ1n) is 11.2. The van der Waals surface area contributed by atoms with E-state index in [1.54, 1.807) is 0 Å². The summed E-state index contributed by atoms with van der Waals surface area (Å²) in [6.07, 6.45) is -3.98. The molecular weight excluding hydrogens is 480 g/mol. The highest BCUT2D eigenvalue weighted by Crippen LogP contribution is 2.45. The fraction of sp³-hybridized carbons (Fsp3) is 0.652. The summed E-state index contributed by atoms with van der Waals surface area (Å²) in [7, 11) is 0. The molecule has 0 atom stereocenters. The predicted molar refractivity (Wildman–Crippen MR) is 118 cm³/mol. The number of carbonyl (C=O) groups is 2. The molecule has 0 bridgehead atoms. The van der Waals surface area contributed by atoms with Gasteiger partial charge in [-0.15, -0.1) is 13.2 Å². The molecule has 1 aliphatic heterocycles. The van der Waals surface area contributed by atoms with E-state index in [0.717, 1.165) is 45.0 Å². The molecule has 1 aromatic carbocycles. The quantitative estimate of drug-likeness (QED) is 0.412. The van der Waals surface area contributed by atoms with Crippen molar-refractivity contribution in [3.05, 3.63) is 24.3 Å². The van der Waals surface area contributed by atoms with E-state index in [4.69, 9.17) is 0 Å². The standard InChI is InChI=1S/C15H25F3N2O.C8H6F3NO2/c1-11-4-6-14(7-5-11)9-20(10-14)8-12(21)19-13(2,3)15(16,17)18;9-8(10,11)14-7-3-1-2-6(4-7)12-5-13/h11H,4-10H2,1-3H3,(H,19,21);1-5H,(H,12,13). The molecular formula is C23H31F6N3O3. The monoisotopic (exact) mass is 511 g/mol. The predicted octanol–water partition coefficient (Wildman–Crippen LogP) is 5.11. The SMILES string of the molecule is CC1CCC2(CC1)CN(CC(=O)NC(C)(C)C(F)(F)F)C2.O=CNc1cccc(OC(F)(F)F)c1. The van der Waals surface area contributed by atoms with Crippen LogP contribution in [-0.2, 0) is 9.59 Å². The van der Waals surface area contributed by atoms with Gasteiger partial charge in [-0.05, 0) is 50.2 Å². The van der Waals surface area contributed by atoms with Crippen LogP contribution in [0.3, 0.4) is 0 Å². The highest BCUT2D eigenvalue weighted by Gasteiger charge is 2.49. The summed E-state index contributed by atoms with van der Waals surface area (Å²) in [5.74, 6) is -0.138. The average Bonchev–Trinajstić information content (AvgIpc) is 2.67. The van der Waals surface area contributed by atoms with E-state index in [0.29, 0.717) is 11.8 Å². The van der Waals surface area contributed by atoms with E-state index < -0.39 is 24.0 Å². The second-order valence-corrected chi connectivity index (χ2v) is 9.84. The number of ether oxygens (including phenoxy) is 1. The third-order valence-electron chi connectivity index (χ3n) is 6.27. The van der Waals surface area contributed by atoms with E-state index in [1.807, 2.05) is 4.90 Å². The van der Waals surface area contributed by atoms with Crippen LogP contribution in [0.2, 0.25) is 0 Å². The number of likely N-dealkylation sites (tertiary alicyclic amines) is 1. The Hall–Kier alpha value is -2.50. The van der Waals surface area contributed by atoms with Crippen LogP contribution in [0.25, 0.3) is 0 Å². The van der Waals surface area contributed by atoms with E-state index in [2.05, 4.69) is 22.3 Å². The maximum atomic E-state index is 12.7. The van der Waals surface area contributed by atoms with E-state index in [1.165, 1.54) is 37.8 Å². The van der Waals surface area contributed by atoms with Crippen molar-refractivity contribution >= 4 is 18.0 Å². The summed E-state index contributed by atoms with van der Waals surface area (Å²) in [5, 5.41) is 4.29. The Kier molecular flexibility index (Phi) is 9.07. The van der Waals surface area contributed by atoms with Crippen LogP contribution in [0.5, 0.6) is 5.75 Å². The zero-order valence-corrected chi connectivity index (χ0v) is 19.9. The van der Waals surface area contributed by atoms with Crippen LogP contribution in [0.4, 0.5) is 32.0 Å². The number of hydrogen-bond donors (Lipinski definition) is 2. The maximum absolute atomic E-state index is 12.7. The number of anilines is 1. The Balaban J connectivity index is 0.000000269. The summed E-state index contributed by atoms with van der Waals surface area (Å²) in [6, 6.07) is 5.00. The number of nitrogens with zero attached hydrogens (tertiary/aromatic N) is 1. The fourth-order valence-electron chi connectivity index (χ4n) is 4.22. The van der Waals surface area contributed by atoms with Gasteiger partial charge in [0, 0.05) is 24.8 Å². The molecule has 2 aliphatic rings. The van der Waals surface area contributed by atoms with Crippen molar-refractivity contribution in [2.75, 3.05) is 25.0 Å². The van der Waals surface area contributed by atoms with Crippen molar-refractivity contribution in [1.29, 1.82) is 0 Å². The van der Waals surface area contributed by atoms with Crippen molar-refractivity contribution in [3.8, 4) is 5.75 Å². The van der Waals surface area contributed by atoms with Gasteiger partial charge >= 0.3 is 12.5 Å². The average molecular weight is 512 g/mol. The second kappa shape index (κ2) is 11.0. The first-order chi connectivity index (χ1) is 16.0. The normalized spacial score (nSPS) is 18.7. The number of halogens is 6. The zero-order valence-electron chi connectivity index (χ0n) is 19.9. The fourth-order valence-corrected chi connectivity index (χ4v) is 4.22. The summed E-state index contributed by atoms with van der Waals surface area (Å²) in [6.45, 7) is 6.00. The zero-order chi connectivity index (χ0) is 26.5.